The summed E-state index contributed by atoms with van der Waals surface area (Å²) in [6.07, 6.45) is 1.30. The van der Waals surface area contributed by atoms with Crippen molar-refractivity contribution in [2.45, 2.75) is 0 Å². The highest BCUT2D eigenvalue weighted by atomic mass is 19.1. The number of imidazole rings is 1. The summed E-state index contributed by atoms with van der Waals surface area (Å²) in [5.41, 5.74) is 7.87. The van der Waals surface area contributed by atoms with Crippen LogP contribution in [0.3, 0.4) is 0 Å². The van der Waals surface area contributed by atoms with Crippen molar-refractivity contribution in [2.24, 2.45) is 0 Å². The Morgan fingerprint density at radius 1 is 1.14 bits per heavy atom. The van der Waals surface area contributed by atoms with Gasteiger partial charge in [-0.2, -0.15) is 0 Å². The number of pyridine rings is 1. The van der Waals surface area contributed by atoms with Gasteiger partial charge in [0.1, 0.15) is 34.5 Å². The molecule has 6 heteroatoms. The number of benzene rings is 1. The summed E-state index contributed by atoms with van der Waals surface area (Å²) < 4.78 is 25.4. The summed E-state index contributed by atoms with van der Waals surface area (Å²) in [4.78, 5) is 4.44. The van der Waals surface area contributed by atoms with Gasteiger partial charge in [-0.1, -0.05) is 0 Å². The van der Waals surface area contributed by atoms with Crippen LogP contribution in [0.2, 0.25) is 0 Å². The molecule has 1 aromatic carbocycles. The fourth-order valence-corrected chi connectivity index (χ4v) is 2.23. The molecular weight excluding hydrogens is 273 g/mol. The Morgan fingerprint density at radius 3 is 2.67 bits per heavy atom. The molecule has 3 aromatic rings. The highest BCUT2D eigenvalue weighted by molar-refractivity contribution is 5.79. The average molecular weight is 287 g/mol. The van der Waals surface area contributed by atoms with E-state index >= 15 is 0 Å². The standard InChI is InChI=1S/C15H14FN3O2/c1-20-10-4-5-12(21-2)11(7-10)14-15(17)19-8-9(16)3-6-13(19)18-14/h3-8H,17H2,1-2H3. The quantitative estimate of drug-likeness (QED) is 0.804. The van der Waals surface area contributed by atoms with E-state index in [0.717, 1.165) is 0 Å². The van der Waals surface area contributed by atoms with E-state index in [4.69, 9.17) is 15.2 Å². The Kier molecular flexibility index (Phi) is 3.13. The van der Waals surface area contributed by atoms with Crippen LogP contribution in [0.5, 0.6) is 11.5 Å². The molecule has 2 aromatic heterocycles. The van der Waals surface area contributed by atoms with Gasteiger partial charge in [0.25, 0.3) is 0 Å². The number of ether oxygens (including phenoxy) is 2. The van der Waals surface area contributed by atoms with Crippen molar-refractivity contribution in [3.63, 3.8) is 0 Å². The lowest BCUT2D eigenvalue weighted by Crippen LogP contribution is -1.96. The normalized spacial score (nSPS) is 10.8. The molecule has 0 aliphatic rings. The summed E-state index contributed by atoms with van der Waals surface area (Å²) in [6.45, 7) is 0. The third-order valence-corrected chi connectivity index (χ3v) is 3.28. The fourth-order valence-electron chi connectivity index (χ4n) is 2.23. The number of nitrogens with zero attached hydrogens (tertiary/aromatic N) is 2. The molecule has 0 bridgehead atoms. The number of hydrogen-bond acceptors (Lipinski definition) is 4. The van der Waals surface area contributed by atoms with Crippen molar-refractivity contribution in [3.8, 4) is 22.8 Å². The van der Waals surface area contributed by atoms with Crippen LogP contribution >= 0.6 is 0 Å². The molecule has 2 heterocycles. The Bertz CT molecular complexity index is 814. The zero-order valence-electron chi connectivity index (χ0n) is 11.6. The van der Waals surface area contributed by atoms with Crippen LogP contribution in [0, 0.1) is 5.82 Å². The summed E-state index contributed by atoms with van der Waals surface area (Å²) in [7, 11) is 3.14. The Hall–Kier alpha value is -2.76. The maximum absolute atomic E-state index is 13.3. The van der Waals surface area contributed by atoms with Gasteiger partial charge >= 0.3 is 0 Å². The molecule has 0 spiro atoms. The van der Waals surface area contributed by atoms with E-state index in [1.165, 1.54) is 16.7 Å². The molecule has 0 aliphatic heterocycles. The molecule has 108 valence electrons. The summed E-state index contributed by atoms with van der Waals surface area (Å²) in [5, 5.41) is 0. The molecule has 0 saturated heterocycles. The predicted octanol–water partition coefficient (Wildman–Crippen LogP) is 2.74. The SMILES string of the molecule is COc1ccc(OC)c(-c2nc3ccc(F)cn3c2N)c1. The topological polar surface area (TPSA) is 61.8 Å². The van der Waals surface area contributed by atoms with Crippen LogP contribution in [0.1, 0.15) is 0 Å². The molecule has 0 unspecified atom stereocenters. The van der Waals surface area contributed by atoms with E-state index in [9.17, 15) is 4.39 Å². The van der Waals surface area contributed by atoms with Gasteiger partial charge < -0.3 is 15.2 Å². The molecule has 0 radical (unpaired) electrons. The first kappa shape index (κ1) is 13.2. The van der Waals surface area contributed by atoms with Gasteiger partial charge in [-0.05, 0) is 30.3 Å². The zero-order chi connectivity index (χ0) is 15.0. The molecule has 0 fully saturated rings. The number of hydrogen-bond donors (Lipinski definition) is 1. The molecule has 2 N–H and O–H groups in total. The molecular formula is C15H14FN3O2. The second-order valence-corrected chi connectivity index (χ2v) is 4.49. The van der Waals surface area contributed by atoms with Gasteiger partial charge in [-0.15, -0.1) is 0 Å². The number of halogens is 1. The van der Waals surface area contributed by atoms with E-state index < -0.39 is 0 Å². The van der Waals surface area contributed by atoms with Crippen LogP contribution in [-0.4, -0.2) is 23.6 Å². The predicted molar refractivity (Wildman–Crippen MR) is 78.1 cm³/mol. The fraction of sp³-hybridized carbons (Fsp3) is 0.133. The van der Waals surface area contributed by atoms with Crippen molar-refractivity contribution in [3.05, 3.63) is 42.3 Å². The third kappa shape index (κ3) is 2.14. The number of rotatable bonds is 3. The number of nitrogens with two attached hydrogens (primary N) is 1. The zero-order valence-corrected chi connectivity index (χ0v) is 11.6. The van der Waals surface area contributed by atoms with Crippen molar-refractivity contribution in [1.82, 2.24) is 9.38 Å². The average Bonchev–Trinajstić information content (AvgIpc) is 2.83. The van der Waals surface area contributed by atoms with Crippen molar-refractivity contribution >= 4 is 11.5 Å². The van der Waals surface area contributed by atoms with Crippen molar-refractivity contribution in [2.75, 3.05) is 20.0 Å². The maximum atomic E-state index is 13.3. The highest BCUT2D eigenvalue weighted by Gasteiger charge is 2.16. The Labute approximate surface area is 120 Å². The molecule has 0 saturated carbocycles. The number of anilines is 1. The number of nitrogen functional groups attached to an aromatic ring is 1. The van der Waals surface area contributed by atoms with E-state index in [1.54, 1.807) is 38.5 Å². The molecule has 21 heavy (non-hydrogen) atoms. The van der Waals surface area contributed by atoms with Gasteiger partial charge in [0.05, 0.1) is 14.2 Å². The van der Waals surface area contributed by atoms with Crippen LogP contribution in [0.4, 0.5) is 10.2 Å². The Balaban J connectivity index is 2.27. The van der Waals surface area contributed by atoms with Crippen molar-refractivity contribution < 1.29 is 13.9 Å². The van der Waals surface area contributed by atoms with Gasteiger partial charge in [0.2, 0.25) is 0 Å². The second kappa shape index (κ2) is 4.97. The molecule has 0 amide bonds. The summed E-state index contributed by atoms with van der Waals surface area (Å²) >= 11 is 0. The second-order valence-electron chi connectivity index (χ2n) is 4.49. The van der Waals surface area contributed by atoms with Crippen LogP contribution in [0.15, 0.2) is 36.5 Å². The lowest BCUT2D eigenvalue weighted by atomic mass is 10.1. The highest BCUT2D eigenvalue weighted by Crippen LogP contribution is 2.36. The number of methoxy groups -OCH3 is 2. The lowest BCUT2D eigenvalue weighted by molar-refractivity contribution is 0.404. The monoisotopic (exact) mass is 287 g/mol. The first-order valence-corrected chi connectivity index (χ1v) is 6.29. The minimum Gasteiger partial charge on any atom is -0.497 e. The number of fused-ring (bicyclic) bond motifs is 1. The lowest BCUT2D eigenvalue weighted by Gasteiger charge is -2.09. The summed E-state index contributed by atoms with van der Waals surface area (Å²) in [5.74, 6) is 1.24. The van der Waals surface area contributed by atoms with Crippen LogP contribution in [-0.2, 0) is 0 Å². The van der Waals surface area contributed by atoms with Gasteiger partial charge in [0.15, 0.2) is 0 Å². The van der Waals surface area contributed by atoms with Crippen LogP contribution in [0.25, 0.3) is 16.9 Å². The first-order valence-electron chi connectivity index (χ1n) is 6.29. The van der Waals surface area contributed by atoms with E-state index in [0.29, 0.717) is 34.2 Å². The van der Waals surface area contributed by atoms with E-state index in [1.807, 2.05) is 0 Å². The van der Waals surface area contributed by atoms with E-state index in [2.05, 4.69) is 4.98 Å². The smallest absolute Gasteiger partial charge is 0.140 e. The first-order chi connectivity index (χ1) is 10.1. The maximum Gasteiger partial charge on any atom is 0.140 e. The van der Waals surface area contributed by atoms with Gasteiger partial charge in [-0.3, -0.25) is 4.40 Å². The summed E-state index contributed by atoms with van der Waals surface area (Å²) in [6, 6.07) is 8.26. The minimum absolute atomic E-state index is 0.344. The van der Waals surface area contributed by atoms with Crippen LogP contribution < -0.4 is 15.2 Å². The van der Waals surface area contributed by atoms with E-state index in [-0.39, 0.29) is 5.82 Å². The molecule has 0 aliphatic carbocycles. The van der Waals surface area contributed by atoms with Crippen molar-refractivity contribution in [1.29, 1.82) is 0 Å². The Morgan fingerprint density at radius 2 is 1.95 bits per heavy atom. The van der Waals surface area contributed by atoms with Gasteiger partial charge in [0, 0.05) is 11.8 Å². The molecule has 3 rings (SSSR count). The molecule has 0 atom stereocenters. The number of aromatic nitrogens is 2. The third-order valence-electron chi connectivity index (χ3n) is 3.28. The van der Waals surface area contributed by atoms with Gasteiger partial charge in [-0.25, -0.2) is 9.37 Å². The molecule has 5 nitrogen and oxygen atoms in total. The largest absolute Gasteiger partial charge is 0.497 e. The minimum atomic E-state index is -0.379.